The van der Waals surface area contributed by atoms with Gasteiger partial charge in [-0.25, -0.2) is 0 Å². The minimum absolute atomic E-state index is 0.0700. The molecule has 1 aliphatic rings. The number of benzene rings is 2. The topological polar surface area (TPSA) is 135 Å². The van der Waals surface area contributed by atoms with Crippen molar-refractivity contribution in [3.63, 3.8) is 0 Å². The van der Waals surface area contributed by atoms with Gasteiger partial charge in [0, 0.05) is 31.2 Å². The minimum Gasteiger partial charge on any atom is -0.297 e. The van der Waals surface area contributed by atoms with Gasteiger partial charge < -0.3 is 0 Å². The second kappa shape index (κ2) is 8.86. The van der Waals surface area contributed by atoms with Crippen molar-refractivity contribution in [3.05, 3.63) is 86.4 Å². The first kappa shape index (κ1) is 21.0. The van der Waals surface area contributed by atoms with Crippen molar-refractivity contribution < 1.29 is 19.3 Å². The van der Waals surface area contributed by atoms with Gasteiger partial charge in [0.25, 0.3) is 17.5 Å². The van der Waals surface area contributed by atoms with Crippen LogP contribution >= 0.6 is 11.3 Å². The number of aromatic nitrogens is 2. The van der Waals surface area contributed by atoms with Crippen LogP contribution in [0.4, 0.5) is 10.8 Å². The van der Waals surface area contributed by atoms with Crippen LogP contribution in [0.1, 0.15) is 31.3 Å². The Morgan fingerprint density at radius 3 is 2.50 bits per heavy atom. The Kier molecular flexibility index (Phi) is 5.81. The quantitative estimate of drug-likeness (QED) is 0.253. The van der Waals surface area contributed by atoms with E-state index in [1.807, 2.05) is 0 Å². The zero-order chi connectivity index (χ0) is 22.7. The molecule has 0 radical (unpaired) electrons. The van der Waals surface area contributed by atoms with Gasteiger partial charge in [0.05, 0.1) is 16.1 Å². The summed E-state index contributed by atoms with van der Waals surface area (Å²) in [6, 6.07) is 12.5. The van der Waals surface area contributed by atoms with E-state index in [0.717, 1.165) is 11.3 Å². The molecule has 10 nitrogen and oxygen atoms in total. The largest absolute Gasteiger partial charge is 0.297 e. The Morgan fingerprint density at radius 1 is 1.09 bits per heavy atom. The van der Waals surface area contributed by atoms with E-state index in [-0.39, 0.29) is 29.2 Å². The highest BCUT2D eigenvalue weighted by Crippen LogP contribution is 2.23. The highest BCUT2D eigenvalue weighted by atomic mass is 32.1. The number of hydrogen-bond acceptors (Lipinski definition) is 8. The predicted octanol–water partition coefficient (Wildman–Crippen LogP) is 2.94. The SMILES string of the molecule is O=C(/C=C/c1cccc([N+](=O)[O-])c1)Nc1nnc(CCN2C(=O)c3ccccc3C2=O)s1. The van der Waals surface area contributed by atoms with Gasteiger partial charge >= 0.3 is 0 Å². The zero-order valence-electron chi connectivity index (χ0n) is 16.4. The normalized spacial score (nSPS) is 12.9. The molecule has 2 aromatic carbocycles. The molecule has 1 aromatic heterocycles. The van der Waals surface area contributed by atoms with Crippen molar-refractivity contribution in [2.75, 3.05) is 11.9 Å². The summed E-state index contributed by atoms with van der Waals surface area (Å²) in [5.74, 6) is -1.15. The van der Waals surface area contributed by atoms with Crippen LogP contribution in [0.2, 0.25) is 0 Å². The lowest BCUT2D eigenvalue weighted by Crippen LogP contribution is -2.31. The highest BCUT2D eigenvalue weighted by Gasteiger charge is 2.34. The number of imide groups is 1. The Bertz CT molecular complexity index is 1230. The summed E-state index contributed by atoms with van der Waals surface area (Å²) in [6.07, 6.45) is 2.99. The maximum atomic E-state index is 12.4. The summed E-state index contributed by atoms with van der Waals surface area (Å²) in [6.45, 7) is 0.154. The number of nitrogens with one attached hydrogen (secondary N) is 1. The van der Waals surface area contributed by atoms with E-state index in [9.17, 15) is 24.5 Å². The summed E-state index contributed by atoms with van der Waals surface area (Å²) in [5.41, 5.74) is 1.21. The van der Waals surface area contributed by atoms with Gasteiger partial charge in [-0.15, -0.1) is 10.2 Å². The third-order valence-electron chi connectivity index (χ3n) is 4.63. The van der Waals surface area contributed by atoms with Gasteiger partial charge in [-0.05, 0) is 23.8 Å². The highest BCUT2D eigenvalue weighted by molar-refractivity contribution is 7.15. The molecule has 11 heteroatoms. The number of nitro benzene ring substituents is 1. The Hall–Kier alpha value is -4.25. The summed E-state index contributed by atoms with van der Waals surface area (Å²) in [7, 11) is 0. The predicted molar refractivity (Wildman–Crippen MR) is 116 cm³/mol. The van der Waals surface area contributed by atoms with Gasteiger partial charge in [0.15, 0.2) is 0 Å². The second-order valence-corrected chi connectivity index (χ2v) is 7.80. The molecule has 0 aliphatic carbocycles. The lowest BCUT2D eigenvalue weighted by Gasteiger charge is -2.11. The number of carbonyl (C=O) groups excluding carboxylic acids is 3. The molecule has 0 atom stereocenters. The molecule has 1 N–H and O–H groups in total. The second-order valence-electron chi connectivity index (χ2n) is 6.73. The third-order valence-corrected chi connectivity index (χ3v) is 5.53. The van der Waals surface area contributed by atoms with Gasteiger partial charge in [-0.3, -0.25) is 34.7 Å². The molecular weight excluding hydrogens is 434 g/mol. The fourth-order valence-corrected chi connectivity index (χ4v) is 3.85. The first-order valence-corrected chi connectivity index (χ1v) is 10.2. The number of rotatable bonds is 7. The number of fused-ring (bicyclic) bond motifs is 1. The lowest BCUT2D eigenvalue weighted by molar-refractivity contribution is -0.384. The van der Waals surface area contributed by atoms with Crippen LogP contribution in [0.5, 0.6) is 0 Å². The molecule has 3 aromatic rings. The minimum atomic E-state index is -0.512. The molecule has 0 saturated carbocycles. The number of non-ortho nitro benzene ring substituents is 1. The average Bonchev–Trinajstić information content (AvgIpc) is 3.33. The van der Waals surface area contributed by atoms with Crippen molar-refractivity contribution in [3.8, 4) is 0 Å². The standard InChI is InChI=1S/C21H15N5O5S/c27-17(9-8-13-4-3-5-14(12-13)26(30)31)22-21-24-23-18(32-21)10-11-25-19(28)15-6-1-2-7-16(15)20(25)29/h1-9,12H,10-11H2,(H,22,24,27)/b9-8+. The molecule has 0 spiro atoms. The average molecular weight is 449 g/mol. The molecule has 0 saturated heterocycles. The molecule has 1 aliphatic heterocycles. The number of anilines is 1. The molecule has 160 valence electrons. The number of hydrogen-bond donors (Lipinski definition) is 1. The first-order chi connectivity index (χ1) is 15.4. The molecule has 0 fully saturated rings. The fraction of sp³-hybridized carbons (Fsp3) is 0.0952. The molecule has 0 unspecified atom stereocenters. The lowest BCUT2D eigenvalue weighted by atomic mass is 10.1. The summed E-state index contributed by atoms with van der Waals surface area (Å²) < 4.78 is 0. The summed E-state index contributed by atoms with van der Waals surface area (Å²) >= 11 is 1.13. The summed E-state index contributed by atoms with van der Waals surface area (Å²) in [4.78, 5) is 48.4. The third kappa shape index (κ3) is 4.42. The number of carbonyl (C=O) groups is 3. The summed E-state index contributed by atoms with van der Waals surface area (Å²) in [5, 5.41) is 22.1. The maximum absolute atomic E-state index is 12.4. The molecule has 0 bridgehead atoms. The molecule has 32 heavy (non-hydrogen) atoms. The van der Waals surface area contributed by atoms with E-state index in [1.54, 1.807) is 30.3 Å². The van der Waals surface area contributed by atoms with Gasteiger partial charge in [-0.1, -0.05) is 35.6 Å². The number of nitrogens with zero attached hydrogens (tertiary/aromatic N) is 4. The molecule has 2 heterocycles. The van der Waals surface area contributed by atoms with Crippen LogP contribution in [-0.4, -0.2) is 44.3 Å². The van der Waals surface area contributed by atoms with Crippen LogP contribution in [0.3, 0.4) is 0 Å². The molecule has 4 rings (SSSR count). The monoisotopic (exact) mass is 449 g/mol. The number of amides is 3. The Morgan fingerprint density at radius 2 is 1.81 bits per heavy atom. The van der Waals surface area contributed by atoms with Crippen molar-refractivity contribution in [2.24, 2.45) is 0 Å². The van der Waals surface area contributed by atoms with Crippen LogP contribution in [0.15, 0.2) is 54.6 Å². The van der Waals surface area contributed by atoms with Crippen molar-refractivity contribution in [1.82, 2.24) is 15.1 Å². The smallest absolute Gasteiger partial charge is 0.270 e. The maximum Gasteiger partial charge on any atom is 0.270 e. The van der Waals surface area contributed by atoms with E-state index < -0.39 is 10.8 Å². The molecular formula is C21H15N5O5S. The van der Waals surface area contributed by atoms with E-state index in [0.29, 0.717) is 28.1 Å². The first-order valence-electron chi connectivity index (χ1n) is 9.43. The molecule has 3 amide bonds. The zero-order valence-corrected chi connectivity index (χ0v) is 17.2. The van der Waals surface area contributed by atoms with E-state index in [4.69, 9.17) is 0 Å². The van der Waals surface area contributed by atoms with Crippen LogP contribution < -0.4 is 5.32 Å². The van der Waals surface area contributed by atoms with Gasteiger partial charge in [0.2, 0.25) is 11.0 Å². The van der Waals surface area contributed by atoms with E-state index in [2.05, 4.69) is 15.5 Å². The van der Waals surface area contributed by atoms with Crippen molar-refractivity contribution in [2.45, 2.75) is 6.42 Å². The van der Waals surface area contributed by atoms with E-state index in [1.165, 1.54) is 35.3 Å². The van der Waals surface area contributed by atoms with E-state index >= 15 is 0 Å². The van der Waals surface area contributed by atoms with Crippen LogP contribution in [0, 0.1) is 10.1 Å². The van der Waals surface area contributed by atoms with Crippen molar-refractivity contribution in [1.29, 1.82) is 0 Å². The van der Waals surface area contributed by atoms with Crippen molar-refractivity contribution >= 4 is 46.0 Å². The van der Waals surface area contributed by atoms with Gasteiger partial charge in [-0.2, -0.15) is 0 Å². The number of nitro groups is 1. The Labute approximate surface area is 185 Å². The van der Waals surface area contributed by atoms with Gasteiger partial charge in [0.1, 0.15) is 5.01 Å². The fourth-order valence-electron chi connectivity index (χ4n) is 3.12. The van der Waals surface area contributed by atoms with Crippen LogP contribution in [-0.2, 0) is 11.2 Å². The Balaban J connectivity index is 1.33. The van der Waals surface area contributed by atoms with Crippen LogP contribution in [0.25, 0.3) is 6.08 Å².